The Morgan fingerprint density at radius 1 is 1.31 bits per heavy atom. The summed E-state index contributed by atoms with van der Waals surface area (Å²) < 4.78 is 10.6. The van der Waals surface area contributed by atoms with Crippen LogP contribution in [-0.4, -0.2) is 27.3 Å². The molecule has 0 amide bonds. The monoisotopic (exact) mass is 241 g/mol. The molecule has 0 radical (unpaired) electrons. The molecule has 16 heavy (non-hydrogen) atoms. The molecule has 0 bridgehead atoms. The molecule has 1 fully saturated rings. The molecule has 88 valence electrons. The zero-order valence-corrected chi connectivity index (χ0v) is 10.3. The summed E-state index contributed by atoms with van der Waals surface area (Å²) in [5.41, 5.74) is 1.17. The van der Waals surface area contributed by atoms with Gasteiger partial charge in [0.1, 0.15) is 16.5 Å². The Bertz CT molecular complexity index is 376. The van der Waals surface area contributed by atoms with E-state index < -0.39 is 0 Å². The zero-order chi connectivity index (χ0) is 11.5. The summed E-state index contributed by atoms with van der Waals surface area (Å²) in [5, 5.41) is 3.90. The van der Waals surface area contributed by atoms with Crippen LogP contribution < -0.4 is 14.8 Å². The highest BCUT2D eigenvalue weighted by Crippen LogP contribution is 2.41. The smallest absolute Gasteiger partial charge is 0.144 e. The van der Waals surface area contributed by atoms with Crippen LogP contribution in [0.25, 0.3) is 0 Å². The van der Waals surface area contributed by atoms with Crippen LogP contribution in [0.3, 0.4) is 0 Å². The van der Waals surface area contributed by atoms with Crippen molar-refractivity contribution in [1.82, 2.24) is 5.32 Å². The Labute approximate surface area is 101 Å². The molecule has 1 aromatic carbocycles. The van der Waals surface area contributed by atoms with E-state index in [1.54, 1.807) is 14.2 Å². The van der Waals surface area contributed by atoms with Crippen LogP contribution in [0.5, 0.6) is 11.5 Å². The lowest BCUT2D eigenvalue weighted by atomic mass is 9.97. The molecular weight excluding hydrogens is 226 g/mol. The van der Waals surface area contributed by atoms with Gasteiger partial charge in [0.05, 0.1) is 14.2 Å². The summed E-state index contributed by atoms with van der Waals surface area (Å²) in [6.45, 7) is 2.04. The van der Waals surface area contributed by atoms with E-state index in [9.17, 15) is 0 Å². The quantitative estimate of drug-likeness (QED) is 0.882. The second-order valence-corrected chi connectivity index (χ2v) is 4.27. The molecule has 2 rings (SSSR count). The van der Waals surface area contributed by atoms with Gasteiger partial charge in [-0.1, -0.05) is 17.7 Å². The first-order chi connectivity index (χ1) is 7.77. The van der Waals surface area contributed by atoms with Gasteiger partial charge < -0.3 is 14.8 Å². The van der Waals surface area contributed by atoms with Gasteiger partial charge in [-0.15, -0.1) is 0 Å². The van der Waals surface area contributed by atoms with Gasteiger partial charge >= 0.3 is 0 Å². The number of nitrogens with one attached hydrogen (secondary N) is 1. The maximum Gasteiger partial charge on any atom is 0.144 e. The van der Waals surface area contributed by atoms with Gasteiger partial charge in [-0.25, -0.2) is 0 Å². The Hall–Kier alpha value is -0.930. The predicted molar refractivity (Wildman–Crippen MR) is 64.8 cm³/mol. The van der Waals surface area contributed by atoms with Crippen LogP contribution in [0.1, 0.15) is 17.9 Å². The van der Waals surface area contributed by atoms with E-state index in [0.29, 0.717) is 16.7 Å². The summed E-state index contributed by atoms with van der Waals surface area (Å²) in [5.74, 6) is 1.89. The standard InChI is InChI=1S/C12H16ClNO2/c1-15-10-4-3-9(8-5-6-14-7-8)12(16-2)11(10)13/h3-4,8,14H,5-7H2,1-2H3. The largest absolute Gasteiger partial charge is 0.495 e. The predicted octanol–water partition coefficient (Wildman–Crippen LogP) is 2.43. The average Bonchev–Trinajstić information content (AvgIpc) is 2.82. The molecule has 1 heterocycles. The van der Waals surface area contributed by atoms with Crippen molar-refractivity contribution >= 4 is 11.6 Å². The fraction of sp³-hybridized carbons (Fsp3) is 0.500. The maximum absolute atomic E-state index is 6.22. The van der Waals surface area contributed by atoms with Crippen molar-refractivity contribution in [2.24, 2.45) is 0 Å². The van der Waals surface area contributed by atoms with Crippen molar-refractivity contribution in [3.63, 3.8) is 0 Å². The highest BCUT2D eigenvalue weighted by atomic mass is 35.5. The van der Waals surface area contributed by atoms with Gasteiger partial charge in [-0.2, -0.15) is 0 Å². The van der Waals surface area contributed by atoms with Gasteiger partial charge in [0.2, 0.25) is 0 Å². The number of methoxy groups -OCH3 is 2. The Kier molecular flexibility index (Phi) is 3.56. The molecule has 4 heteroatoms. The number of hydrogen-bond acceptors (Lipinski definition) is 3. The number of benzene rings is 1. The minimum atomic E-state index is 0.485. The highest BCUT2D eigenvalue weighted by Gasteiger charge is 2.23. The van der Waals surface area contributed by atoms with E-state index in [1.807, 2.05) is 12.1 Å². The van der Waals surface area contributed by atoms with E-state index in [2.05, 4.69) is 5.32 Å². The summed E-state index contributed by atoms with van der Waals surface area (Å²) in [4.78, 5) is 0. The minimum Gasteiger partial charge on any atom is -0.495 e. The topological polar surface area (TPSA) is 30.5 Å². The third-order valence-corrected chi connectivity index (χ3v) is 3.37. The number of rotatable bonds is 3. The summed E-state index contributed by atoms with van der Waals surface area (Å²) in [7, 11) is 3.25. The van der Waals surface area contributed by atoms with E-state index in [-0.39, 0.29) is 0 Å². The van der Waals surface area contributed by atoms with Gasteiger partial charge in [-0.3, -0.25) is 0 Å². The molecular formula is C12H16ClNO2. The molecule has 1 atom stereocenters. The molecule has 1 saturated heterocycles. The van der Waals surface area contributed by atoms with Gasteiger partial charge in [-0.05, 0) is 19.0 Å². The molecule has 0 saturated carbocycles. The fourth-order valence-corrected chi connectivity index (χ4v) is 2.49. The Balaban J connectivity index is 2.40. The van der Waals surface area contributed by atoms with E-state index in [1.165, 1.54) is 5.56 Å². The van der Waals surface area contributed by atoms with E-state index in [0.717, 1.165) is 25.3 Å². The third kappa shape index (κ3) is 1.97. The first kappa shape index (κ1) is 11.6. The molecule has 3 nitrogen and oxygen atoms in total. The van der Waals surface area contributed by atoms with Crippen molar-refractivity contribution < 1.29 is 9.47 Å². The molecule has 1 unspecified atom stereocenters. The molecule has 1 aromatic rings. The van der Waals surface area contributed by atoms with Crippen LogP contribution in [0.4, 0.5) is 0 Å². The lowest BCUT2D eigenvalue weighted by molar-refractivity contribution is 0.389. The van der Waals surface area contributed by atoms with Crippen molar-refractivity contribution in [2.75, 3.05) is 27.3 Å². The molecule has 1 N–H and O–H groups in total. The minimum absolute atomic E-state index is 0.485. The van der Waals surface area contributed by atoms with Crippen LogP contribution in [-0.2, 0) is 0 Å². The first-order valence-corrected chi connectivity index (χ1v) is 5.76. The average molecular weight is 242 g/mol. The van der Waals surface area contributed by atoms with Gasteiger partial charge in [0, 0.05) is 18.0 Å². The van der Waals surface area contributed by atoms with Gasteiger partial charge in [0.25, 0.3) is 0 Å². The fourth-order valence-electron chi connectivity index (χ4n) is 2.16. The van der Waals surface area contributed by atoms with Crippen LogP contribution in [0, 0.1) is 0 Å². The van der Waals surface area contributed by atoms with Gasteiger partial charge in [0.15, 0.2) is 0 Å². The first-order valence-electron chi connectivity index (χ1n) is 5.39. The van der Waals surface area contributed by atoms with Crippen molar-refractivity contribution in [3.8, 4) is 11.5 Å². The molecule has 1 aliphatic heterocycles. The van der Waals surface area contributed by atoms with Crippen molar-refractivity contribution in [3.05, 3.63) is 22.7 Å². The molecule has 0 aliphatic carbocycles. The Morgan fingerprint density at radius 2 is 2.12 bits per heavy atom. The number of ether oxygens (including phenoxy) is 2. The molecule has 0 aromatic heterocycles. The summed E-state index contributed by atoms with van der Waals surface area (Å²) in [6, 6.07) is 3.94. The van der Waals surface area contributed by atoms with Crippen LogP contribution in [0.15, 0.2) is 12.1 Å². The second kappa shape index (κ2) is 4.93. The molecule has 0 spiro atoms. The van der Waals surface area contributed by atoms with E-state index >= 15 is 0 Å². The lowest BCUT2D eigenvalue weighted by Gasteiger charge is -2.16. The highest BCUT2D eigenvalue weighted by molar-refractivity contribution is 6.33. The lowest BCUT2D eigenvalue weighted by Crippen LogP contribution is -2.09. The van der Waals surface area contributed by atoms with Crippen molar-refractivity contribution in [1.29, 1.82) is 0 Å². The van der Waals surface area contributed by atoms with Crippen LogP contribution >= 0.6 is 11.6 Å². The summed E-state index contributed by atoms with van der Waals surface area (Å²) in [6.07, 6.45) is 1.12. The SMILES string of the molecule is COc1ccc(C2CCNC2)c(OC)c1Cl. The summed E-state index contributed by atoms with van der Waals surface area (Å²) >= 11 is 6.22. The normalized spacial score (nSPS) is 19.8. The molecule has 1 aliphatic rings. The van der Waals surface area contributed by atoms with E-state index in [4.69, 9.17) is 21.1 Å². The Morgan fingerprint density at radius 3 is 2.69 bits per heavy atom. The zero-order valence-electron chi connectivity index (χ0n) is 9.55. The number of hydrogen-bond donors (Lipinski definition) is 1. The number of halogens is 1. The maximum atomic E-state index is 6.22. The second-order valence-electron chi connectivity index (χ2n) is 3.89. The van der Waals surface area contributed by atoms with Crippen LogP contribution in [0.2, 0.25) is 5.02 Å². The van der Waals surface area contributed by atoms with Crippen molar-refractivity contribution in [2.45, 2.75) is 12.3 Å². The third-order valence-electron chi connectivity index (χ3n) is 3.02.